The fourth-order valence-electron chi connectivity index (χ4n) is 0.745. The van der Waals surface area contributed by atoms with Crippen LogP contribution in [-0.4, -0.2) is 56.4 Å². The van der Waals surface area contributed by atoms with Crippen LogP contribution in [0.4, 0.5) is 0 Å². The van der Waals surface area contributed by atoms with Crippen LogP contribution in [0.1, 0.15) is 20.8 Å². The highest BCUT2D eigenvalue weighted by molar-refractivity contribution is 5.77. The number of ether oxygens (including phenoxy) is 2. The zero-order valence-electron chi connectivity index (χ0n) is 10.8. The number of aliphatic hydroxyl groups is 1. The number of carbonyl (C=O) groups excluding carboxylic acids is 2. The molecule has 0 spiro atoms. The molecule has 0 aromatic carbocycles. The molecule has 0 aromatic heterocycles. The Labute approximate surface area is 102 Å². The van der Waals surface area contributed by atoms with Gasteiger partial charge in [-0.1, -0.05) is 13.8 Å². The van der Waals surface area contributed by atoms with E-state index in [0.717, 1.165) is 0 Å². The third-order valence-electron chi connectivity index (χ3n) is 1.34. The highest BCUT2D eigenvalue weighted by atomic mass is 16.5. The Morgan fingerprint density at radius 3 is 2.12 bits per heavy atom. The van der Waals surface area contributed by atoms with Crippen LogP contribution in [0.2, 0.25) is 0 Å². The van der Waals surface area contributed by atoms with Gasteiger partial charge in [-0.15, -0.1) is 0 Å². The van der Waals surface area contributed by atoms with Gasteiger partial charge in [0.05, 0.1) is 19.8 Å². The first-order chi connectivity index (χ1) is 8.16. The molecule has 1 amide bonds. The molecule has 0 atom stereocenters. The Kier molecular flexibility index (Phi) is 16.2. The summed E-state index contributed by atoms with van der Waals surface area (Å²) in [4.78, 5) is 21.4. The first-order valence-corrected chi connectivity index (χ1v) is 5.69. The van der Waals surface area contributed by atoms with E-state index in [1.807, 2.05) is 13.8 Å². The molecule has 0 bridgehead atoms. The van der Waals surface area contributed by atoms with Gasteiger partial charge >= 0.3 is 0 Å². The third kappa shape index (κ3) is 17.6. The Hall–Kier alpha value is -0.980. The number of hydrogen-bond donors (Lipinski definition) is 2. The quantitative estimate of drug-likeness (QED) is 0.550. The molecule has 0 saturated heterocycles. The van der Waals surface area contributed by atoms with Crippen molar-refractivity contribution in [1.82, 2.24) is 5.32 Å². The average Bonchev–Trinajstić information content (AvgIpc) is 2.33. The Bertz CT molecular complexity index is 196. The number of rotatable bonds is 9. The van der Waals surface area contributed by atoms with Crippen molar-refractivity contribution in [3.05, 3.63) is 0 Å². The first kappa shape index (κ1) is 18.4. The normalized spacial score (nSPS) is 9.18. The van der Waals surface area contributed by atoms with E-state index in [0.29, 0.717) is 0 Å². The van der Waals surface area contributed by atoms with Gasteiger partial charge in [-0.2, -0.15) is 0 Å². The molecular formula is C11H23NO5. The van der Waals surface area contributed by atoms with E-state index in [1.165, 1.54) is 6.92 Å². The molecule has 6 heteroatoms. The molecule has 0 fully saturated rings. The number of ketones is 1. The van der Waals surface area contributed by atoms with Crippen LogP contribution < -0.4 is 5.32 Å². The summed E-state index contributed by atoms with van der Waals surface area (Å²) in [5.41, 5.74) is 0. The largest absolute Gasteiger partial charge is 0.395 e. The van der Waals surface area contributed by atoms with Crippen molar-refractivity contribution in [2.24, 2.45) is 0 Å². The zero-order valence-corrected chi connectivity index (χ0v) is 10.8. The maximum atomic E-state index is 10.9. The molecule has 0 aliphatic heterocycles. The molecule has 17 heavy (non-hydrogen) atoms. The van der Waals surface area contributed by atoms with Crippen LogP contribution in [0.3, 0.4) is 0 Å². The lowest BCUT2D eigenvalue weighted by Crippen LogP contribution is -2.30. The van der Waals surface area contributed by atoms with Crippen LogP contribution in [0.15, 0.2) is 0 Å². The van der Waals surface area contributed by atoms with Crippen LogP contribution in [-0.2, 0) is 19.1 Å². The van der Waals surface area contributed by atoms with Crippen molar-refractivity contribution < 1.29 is 24.2 Å². The summed E-state index contributed by atoms with van der Waals surface area (Å²) in [6, 6.07) is 0. The number of nitrogens with one attached hydrogen (secondary N) is 1. The van der Waals surface area contributed by atoms with Crippen LogP contribution in [0.5, 0.6) is 0 Å². The summed E-state index contributed by atoms with van der Waals surface area (Å²) < 4.78 is 9.86. The standard InChI is InChI=1S/C9H17NO5.C2H6/c1-8(12)6-14-4-5-15-7-9(13)10-2-3-11;1-2/h11H,2-7H2,1H3,(H,10,13);1-2H3. The molecule has 0 aromatic rings. The molecule has 0 aliphatic carbocycles. The molecule has 0 saturated carbocycles. The lowest BCUT2D eigenvalue weighted by atomic mass is 10.5. The second-order valence-corrected chi connectivity index (χ2v) is 2.88. The third-order valence-corrected chi connectivity index (χ3v) is 1.34. The van der Waals surface area contributed by atoms with Crippen molar-refractivity contribution in [3.63, 3.8) is 0 Å². The highest BCUT2D eigenvalue weighted by Gasteiger charge is 1.99. The minimum Gasteiger partial charge on any atom is -0.395 e. The molecule has 0 radical (unpaired) electrons. The van der Waals surface area contributed by atoms with E-state index in [4.69, 9.17) is 14.6 Å². The second-order valence-electron chi connectivity index (χ2n) is 2.88. The molecule has 102 valence electrons. The number of carbonyl (C=O) groups is 2. The SMILES string of the molecule is CC.CC(=O)COCCOCC(=O)NCCO. The zero-order chi connectivity index (χ0) is 13.5. The van der Waals surface area contributed by atoms with E-state index < -0.39 is 0 Å². The summed E-state index contributed by atoms with van der Waals surface area (Å²) >= 11 is 0. The molecule has 0 unspecified atom stereocenters. The van der Waals surface area contributed by atoms with Crippen molar-refractivity contribution in [2.45, 2.75) is 20.8 Å². The highest BCUT2D eigenvalue weighted by Crippen LogP contribution is 1.80. The van der Waals surface area contributed by atoms with E-state index in [9.17, 15) is 9.59 Å². The first-order valence-electron chi connectivity index (χ1n) is 5.69. The van der Waals surface area contributed by atoms with Gasteiger partial charge in [0.15, 0.2) is 5.78 Å². The van der Waals surface area contributed by atoms with Gasteiger partial charge in [-0.25, -0.2) is 0 Å². The lowest BCUT2D eigenvalue weighted by molar-refractivity contribution is -0.127. The van der Waals surface area contributed by atoms with E-state index in [1.54, 1.807) is 0 Å². The summed E-state index contributed by atoms with van der Waals surface area (Å²) in [6.45, 7) is 6.12. The lowest BCUT2D eigenvalue weighted by Gasteiger charge is -2.05. The maximum absolute atomic E-state index is 10.9. The molecule has 6 nitrogen and oxygen atoms in total. The maximum Gasteiger partial charge on any atom is 0.246 e. The fraction of sp³-hybridized carbons (Fsp3) is 0.818. The summed E-state index contributed by atoms with van der Waals surface area (Å²) in [7, 11) is 0. The number of hydrogen-bond acceptors (Lipinski definition) is 5. The predicted octanol–water partition coefficient (Wildman–Crippen LogP) is -0.257. The van der Waals surface area contributed by atoms with Crippen LogP contribution in [0.25, 0.3) is 0 Å². The monoisotopic (exact) mass is 249 g/mol. The van der Waals surface area contributed by atoms with Gasteiger partial charge in [0, 0.05) is 6.54 Å². The summed E-state index contributed by atoms with van der Waals surface area (Å²) in [5, 5.41) is 10.8. The molecule has 0 aliphatic rings. The number of Topliss-reactive ketones (excluding diaryl/α,β-unsaturated/α-hetero) is 1. The number of amides is 1. The molecule has 2 N–H and O–H groups in total. The van der Waals surface area contributed by atoms with Crippen LogP contribution >= 0.6 is 0 Å². The molecular weight excluding hydrogens is 226 g/mol. The molecule has 0 rings (SSSR count). The van der Waals surface area contributed by atoms with E-state index in [-0.39, 0.29) is 51.3 Å². The second kappa shape index (κ2) is 15.0. The van der Waals surface area contributed by atoms with E-state index in [2.05, 4.69) is 5.32 Å². The van der Waals surface area contributed by atoms with Gasteiger partial charge in [-0.3, -0.25) is 9.59 Å². The summed E-state index contributed by atoms with van der Waals surface area (Å²) in [6.07, 6.45) is 0. The van der Waals surface area contributed by atoms with Crippen molar-refractivity contribution in [2.75, 3.05) is 39.6 Å². The Balaban J connectivity index is 0. The van der Waals surface area contributed by atoms with Gasteiger partial charge in [0.2, 0.25) is 5.91 Å². The number of aliphatic hydroxyl groups excluding tert-OH is 1. The smallest absolute Gasteiger partial charge is 0.246 e. The van der Waals surface area contributed by atoms with Gasteiger partial charge in [0.25, 0.3) is 0 Å². The van der Waals surface area contributed by atoms with Gasteiger partial charge in [-0.05, 0) is 6.92 Å². The van der Waals surface area contributed by atoms with Gasteiger partial charge in [0.1, 0.15) is 13.2 Å². The molecule has 0 heterocycles. The fourth-order valence-corrected chi connectivity index (χ4v) is 0.745. The topological polar surface area (TPSA) is 84.9 Å². The average molecular weight is 249 g/mol. The minimum atomic E-state index is -0.282. The van der Waals surface area contributed by atoms with Crippen molar-refractivity contribution >= 4 is 11.7 Å². The Morgan fingerprint density at radius 2 is 1.65 bits per heavy atom. The van der Waals surface area contributed by atoms with Crippen LogP contribution in [0, 0.1) is 0 Å². The van der Waals surface area contributed by atoms with Crippen molar-refractivity contribution in [1.29, 1.82) is 0 Å². The minimum absolute atomic E-state index is 0.0457. The van der Waals surface area contributed by atoms with Crippen molar-refractivity contribution in [3.8, 4) is 0 Å². The Morgan fingerprint density at radius 1 is 1.12 bits per heavy atom. The van der Waals surface area contributed by atoms with E-state index >= 15 is 0 Å². The van der Waals surface area contributed by atoms with Gasteiger partial charge < -0.3 is 19.9 Å². The predicted molar refractivity (Wildman–Crippen MR) is 63.8 cm³/mol. The summed E-state index contributed by atoms with van der Waals surface area (Å²) in [5.74, 6) is -0.327.